The first kappa shape index (κ1) is 11.9. The highest BCUT2D eigenvalue weighted by atomic mass is 32.1. The van der Waals surface area contributed by atoms with Crippen LogP contribution in [0, 0.1) is 0 Å². The van der Waals surface area contributed by atoms with Gasteiger partial charge < -0.3 is 5.73 Å². The molecule has 0 bridgehead atoms. The minimum absolute atomic E-state index is 0.768. The number of anilines is 1. The highest BCUT2D eigenvalue weighted by Gasteiger charge is 2.08. The lowest BCUT2D eigenvalue weighted by Gasteiger charge is -1.96. The average Bonchev–Trinajstić information content (AvgIpc) is 3.08. The predicted octanol–water partition coefficient (Wildman–Crippen LogP) is 3.28. The molecular weight excluding hydrogens is 256 g/mol. The molecular formula is C14H14N4S. The number of rotatable bonds is 3. The Balaban J connectivity index is 1.92. The van der Waals surface area contributed by atoms with Crippen molar-refractivity contribution in [3.63, 3.8) is 0 Å². The van der Waals surface area contributed by atoms with E-state index >= 15 is 0 Å². The number of hydrogen-bond donors (Lipinski definition) is 1. The molecule has 3 aromatic rings. The molecule has 1 aromatic carbocycles. The van der Waals surface area contributed by atoms with Gasteiger partial charge in [0.25, 0.3) is 0 Å². The smallest absolute Gasteiger partial charge is 0.124 e. The quantitative estimate of drug-likeness (QED) is 0.743. The summed E-state index contributed by atoms with van der Waals surface area (Å²) in [6, 6.07) is 7.78. The molecule has 0 aliphatic heterocycles. The van der Waals surface area contributed by atoms with Crippen LogP contribution < -0.4 is 5.73 Å². The van der Waals surface area contributed by atoms with Crippen LogP contribution in [0.15, 0.2) is 42.0 Å². The van der Waals surface area contributed by atoms with E-state index in [-0.39, 0.29) is 0 Å². The Hall–Kier alpha value is -2.14. The minimum atomic E-state index is 0.768. The van der Waals surface area contributed by atoms with Crippen LogP contribution in [0.5, 0.6) is 0 Å². The van der Waals surface area contributed by atoms with Crippen LogP contribution >= 0.6 is 11.3 Å². The average molecular weight is 270 g/mol. The van der Waals surface area contributed by atoms with Crippen molar-refractivity contribution >= 4 is 17.0 Å². The largest absolute Gasteiger partial charge is 0.399 e. The molecule has 0 fully saturated rings. The normalized spacial score (nSPS) is 10.8. The van der Waals surface area contributed by atoms with Gasteiger partial charge in [-0.3, -0.25) is 4.68 Å². The van der Waals surface area contributed by atoms with E-state index in [1.54, 1.807) is 11.3 Å². The summed E-state index contributed by atoms with van der Waals surface area (Å²) in [5.41, 5.74) is 9.57. The van der Waals surface area contributed by atoms with Gasteiger partial charge in [-0.2, -0.15) is 5.10 Å². The van der Waals surface area contributed by atoms with Gasteiger partial charge in [0.15, 0.2) is 0 Å². The number of nitrogens with two attached hydrogens (primary N) is 1. The summed E-state index contributed by atoms with van der Waals surface area (Å²) in [7, 11) is 0. The van der Waals surface area contributed by atoms with E-state index in [1.807, 2.05) is 41.3 Å². The number of aromatic nitrogens is 3. The number of nitrogens with zero attached hydrogens (tertiary/aromatic N) is 3. The van der Waals surface area contributed by atoms with Crippen LogP contribution in [0.1, 0.15) is 6.92 Å². The van der Waals surface area contributed by atoms with Crippen LogP contribution in [0.3, 0.4) is 0 Å². The van der Waals surface area contributed by atoms with E-state index in [4.69, 9.17) is 5.73 Å². The van der Waals surface area contributed by atoms with E-state index in [1.165, 1.54) is 0 Å². The van der Waals surface area contributed by atoms with E-state index in [0.29, 0.717) is 0 Å². The van der Waals surface area contributed by atoms with Crippen LogP contribution in [0.4, 0.5) is 5.69 Å². The summed E-state index contributed by atoms with van der Waals surface area (Å²) in [5, 5.41) is 7.33. The molecule has 0 amide bonds. The summed E-state index contributed by atoms with van der Waals surface area (Å²) in [6.07, 6.45) is 3.87. The molecule has 2 aromatic heterocycles. The molecule has 2 heterocycles. The molecule has 0 aliphatic rings. The number of nitrogen functional groups attached to an aromatic ring is 1. The minimum Gasteiger partial charge on any atom is -0.399 e. The third kappa shape index (κ3) is 2.37. The second kappa shape index (κ2) is 4.85. The Kier molecular flexibility index (Phi) is 3.05. The predicted molar refractivity (Wildman–Crippen MR) is 78.9 cm³/mol. The monoisotopic (exact) mass is 270 g/mol. The van der Waals surface area contributed by atoms with Gasteiger partial charge in [-0.1, -0.05) is 0 Å². The Morgan fingerprint density at radius 1 is 1.21 bits per heavy atom. The Morgan fingerprint density at radius 3 is 2.68 bits per heavy atom. The van der Waals surface area contributed by atoms with Gasteiger partial charge in [-0.25, -0.2) is 4.98 Å². The fourth-order valence-corrected chi connectivity index (χ4v) is 2.67. The van der Waals surface area contributed by atoms with Crippen molar-refractivity contribution in [1.82, 2.24) is 14.8 Å². The first-order valence-electron chi connectivity index (χ1n) is 6.10. The fraction of sp³-hybridized carbons (Fsp3) is 0.143. The molecule has 0 unspecified atom stereocenters. The molecule has 0 aliphatic carbocycles. The van der Waals surface area contributed by atoms with Gasteiger partial charge in [0, 0.05) is 34.9 Å². The third-order valence-corrected chi connectivity index (χ3v) is 3.81. The second-order valence-electron chi connectivity index (χ2n) is 4.24. The number of thiazole rings is 1. The van der Waals surface area contributed by atoms with E-state index in [0.717, 1.165) is 34.1 Å². The van der Waals surface area contributed by atoms with Crippen LogP contribution in [0.2, 0.25) is 0 Å². The molecule has 0 saturated carbocycles. The van der Waals surface area contributed by atoms with Crippen molar-refractivity contribution in [1.29, 1.82) is 0 Å². The molecule has 19 heavy (non-hydrogen) atoms. The molecule has 3 rings (SSSR count). The number of hydrogen-bond acceptors (Lipinski definition) is 4. The van der Waals surface area contributed by atoms with Crippen molar-refractivity contribution < 1.29 is 0 Å². The Bertz CT molecular complexity index is 682. The second-order valence-corrected chi connectivity index (χ2v) is 5.10. The van der Waals surface area contributed by atoms with E-state index < -0.39 is 0 Å². The molecule has 2 N–H and O–H groups in total. The summed E-state index contributed by atoms with van der Waals surface area (Å²) in [4.78, 5) is 4.65. The van der Waals surface area contributed by atoms with Gasteiger partial charge in [-0.15, -0.1) is 11.3 Å². The van der Waals surface area contributed by atoms with Gasteiger partial charge in [0.1, 0.15) is 5.01 Å². The highest BCUT2D eigenvalue weighted by molar-refractivity contribution is 7.13. The highest BCUT2D eigenvalue weighted by Crippen LogP contribution is 2.28. The number of benzene rings is 1. The molecule has 0 spiro atoms. The van der Waals surface area contributed by atoms with E-state index in [9.17, 15) is 0 Å². The lowest BCUT2D eigenvalue weighted by atomic mass is 10.2. The van der Waals surface area contributed by atoms with Gasteiger partial charge >= 0.3 is 0 Å². The number of aryl methyl sites for hydroxylation is 1. The first-order valence-corrected chi connectivity index (χ1v) is 6.98. The molecule has 96 valence electrons. The van der Waals surface area contributed by atoms with Crippen LogP contribution in [-0.4, -0.2) is 14.8 Å². The van der Waals surface area contributed by atoms with Crippen molar-refractivity contribution in [2.75, 3.05) is 5.73 Å². The maximum absolute atomic E-state index is 5.69. The summed E-state index contributed by atoms with van der Waals surface area (Å²) in [5.74, 6) is 0. The summed E-state index contributed by atoms with van der Waals surface area (Å²) >= 11 is 1.63. The van der Waals surface area contributed by atoms with E-state index in [2.05, 4.69) is 22.4 Å². The van der Waals surface area contributed by atoms with Crippen LogP contribution in [0.25, 0.3) is 21.8 Å². The maximum atomic E-state index is 5.69. The standard InChI is InChI=1S/C14H14N4S/c1-2-18-8-11(7-16-18)13-9-19-14(17-13)10-3-5-12(15)6-4-10/h3-9H,2,15H2,1H3. The van der Waals surface area contributed by atoms with Gasteiger partial charge in [0.05, 0.1) is 11.9 Å². The fourth-order valence-electron chi connectivity index (χ4n) is 1.83. The summed E-state index contributed by atoms with van der Waals surface area (Å²) in [6.45, 7) is 2.94. The zero-order chi connectivity index (χ0) is 13.2. The summed E-state index contributed by atoms with van der Waals surface area (Å²) < 4.78 is 1.90. The topological polar surface area (TPSA) is 56.7 Å². The first-order chi connectivity index (χ1) is 9.26. The van der Waals surface area contributed by atoms with Gasteiger partial charge in [0.2, 0.25) is 0 Å². The van der Waals surface area contributed by atoms with Crippen molar-refractivity contribution in [3.05, 3.63) is 42.0 Å². The van der Waals surface area contributed by atoms with Crippen molar-refractivity contribution in [3.8, 4) is 21.8 Å². The van der Waals surface area contributed by atoms with Crippen molar-refractivity contribution in [2.45, 2.75) is 13.5 Å². The maximum Gasteiger partial charge on any atom is 0.124 e. The van der Waals surface area contributed by atoms with Crippen LogP contribution in [-0.2, 0) is 6.54 Å². The molecule has 0 radical (unpaired) electrons. The molecule has 0 saturated heterocycles. The third-order valence-electron chi connectivity index (χ3n) is 2.91. The Morgan fingerprint density at radius 2 is 2.00 bits per heavy atom. The SMILES string of the molecule is CCn1cc(-c2csc(-c3ccc(N)cc3)n2)cn1. The lowest BCUT2D eigenvalue weighted by Crippen LogP contribution is -1.91. The Labute approximate surface area is 115 Å². The molecule has 5 heteroatoms. The van der Waals surface area contributed by atoms with Gasteiger partial charge in [-0.05, 0) is 31.2 Å². The van der Waals surface area contributed by atoms with Crippen molar-refractivity contribution in [2.24, 2.45) is 0 Å². The zero-order valence-corrected chi connectivity index (χ0v) is 11.4. The molecule has 4 nitrogen and oxygen atoms in total. The molecule has 0 atom stereocenters. The zero-order valence-electron chi connectivity index (χ0n) is 10.6. The lowest BCUT2D eigenvalue weighted by molar-refractivity contribution is 0.660.